The van der Waals surface area contributed by atoms with E-state index in [0.29, 0.717) is 0 Å². The summed E-state index contributed by atoms with van der Waals surface area (Å²) in [7, 11) is 0. The van der Waals surface area contributed by atoms with Gasteiger partial charge in [0.15, 0.2) is 0 Å². The van der Waals surface area contributed by atoms with Gasteiger partial charge in [0.25, 0.3) is 0 Å². The first kappa shape index (κ1) is 35.6. The minimum absolute atomic E-state index is 0.0838. The van der Waals surface area contributed by atoms with Gasteiger partial charge in [0.05, 0.1) is 33.8 Å². The fourth-order valence-corrected chi connectivity index (χ4v) is 4.94. The molecular formula is C37H56N2O3. The second-order valence-corrected chi connectivity index (χ2v) is 15.0. The average Bonchev–Trinajstić information content (AvgIpc) is 3.63. The third kappa shape index (κ3) is 12.7. The van der Waals surface area contributed by atoms with E-state index in [-0.39, 0.29) is 33.6 Å². The lowest BCUT2D eigenvalue weighted by Crippen LogP contribution is -2.33. The maximum Gasteiger partial charge on any atom is 0.111 e. The molecule has 5 nitrogen and oxygen atoms in total. The Balaban J connectivity index is 0.000000220. The SMILES string of the molecule is CC(C)(C)OC(C)(C)c1ccccc1.CC(C)(C)OC(C)(C)c1ccccn1.CC(C)(C)OC1(c2ccccn2)CC1. The van der Waals surface area contributed by atoms with E-state index in [4.69, 9.17) is 14.2 Å². The first-order valence-electron chi connectivity index (χ1n) is 15.1. The van der Waals surface area contributed by atoms with Crippen molar-refractivity contribution < 1.29 is 14.2 Å². The highest BCUT2D eigenvalue weighted by molar-refractivity contribution is 5.21. The molecule has 1 saturated carbocycles. The molecule has 0 aliphatic heterocycles. The van der Waals surface area contributed by atoms with Crippen molar-refractivity contribution in [2.24, 2.45) is 0 Å². The molecule has 0 amide bonds. The van der Waals surface area contributed by atoms with Crippen LogP contribution in [-0.4, -0.2) is 26.8 Å². The Morgan fingerprint density at radius 3 is 1.40 bits per heavy atom. The summed E-state index contributed by atoms with van der Waals surface area (Å²) in [4.78, 5) is 8.68. The number of aromatic nitrogens is 2. The Morgan fingerprint density at radius 2 is 1.00 bits per heavy atom. The molecule has 0 atom stereocenters. The summed E-state index contributed by atoms with van der Waals surface area (Å²) in [5.74, 6) is 0. The van der Waals surface area contributed by atoms with Gasteiger partial charge in [-0.05, 0) is 133 Å². The third-order valence-electron chi connectivity index (χ3n) is 6.21. The van der Waals surface area contributed by atoms with E-state index >= 15 is 0 Å². The molecule has 1 aliphatic carbocycles. The van der Waals surface area contributed by atoms with E-state index in [1.165, 1.54) is 5.56 Å². The van der Waals surface area contributed by atoms with Crippen LogP contribution in [0.3, 0.4) is 0 Å². The maximum absolute atomic E-state index is 6.06. The van der Waals surface area contributed by atoms with Crippen LogP contribution in [0, 0.1) is 0 Å². The number of pyridine rings is 2. The predicted molar refractivity (Wildman–Crippen MR) is 174 cm³/mol. The predicted octanol–water partition coefficient (Wildman–Crippen LogP) is 9.75. The lowest BCUT2D eigenvalue weighted by molar-refractivity contribution is -0.119. The van der Waals surface area contributed by atoms with Gasteiger partial charge < -0.3 is 14.2 Å². The molecule has 42 heavy (non-hydrogen) atoms. The summed E-state index contributed by atoms with van der Waals surface area (Å²) in [5, 5.41) is 0. The zero-order valence-electron chi connectivity index (χ0n) is 28.5. The molecule has 0 N–H and O–H groups in total. The minimum Gasteiger partial charge on any atom is -0.365 e. The highest BCUT2D eigenvalue weighted by atomic mass is 16.5. The van der Waals surface area contributed by atoms with Crippen LogP contribution >= 0.6 is 0 Å². The molecule has 1 aromatic carbocycles. The minimum atomic E-state index is -0.334. The molecule has 1 fully saturated rings. The quantitative estimate of drug-likeness (QED) is 0.292. The Hall–Kier alpha value is -2.60. The smallest absolute Gasteiger partial charge is 0.111 e. The van der Waals surface area contributed by atoms with Crippen molar-refractivity contribution in [3.05, 3.63) is 96.1 Å². The molecule has 0 saturated heterocycles. The van der Waals surface area contributed by atoms with Crippen molar-refractivity contribution in [3.63, 3.8) is 0 Å². The fourth-order valence-electron chi connectivity index (χ4n) is 4.94. The fraction of sp³-hybridized carbons (Fsp3) is 0.568. The van der Waals surface area contributed by atoms with Gasteiger partial charge in [-0.25, -0.2) is 0 Å². The summed E-state index contributed by atoms with van der Waals surface area (Å²) in [6, 6.07) is 22.2. The van der Waals surface area contributed by atoms with Crippen molar-refractivity contribution in [1.82, 2.24) is 9.97 Å². The van der Waals surface area contributed by atoms with E-state index in [1.54, 1.807) is 6.20 Å². The first-order valence-corrected chi connectivity index (χ1v) is 15.1. The number of nitrogens with zero attached hydrogens (tertiary/aromatic N) is 2. The standard InChI is InChI=1S/C13H20O.C12H17NO.C12H19NO/c1-12(2,3)14-13(4,5)11-9-7-6-8-10-11;1-11(2,3)14-12(7-8-12)10-6-4-5-9-13-10;1-11(2,3)14-12(4,5)10-8-6-7-9-13-10/h6-10H,1-5H3;4-6,9H,7-8H2,1-3H3;6-9H,1-5H3. The summed E-state index contributed by atoms with van der Waals surface area (Å²) in [6.45, 7) is 27.0. The van der Waals surface area contributed by atoms with Crippen molar-refractivity contribution in [2.45, 2.75) is 136 Å². The van der Waals surface area contributed by atoms with Crippen LogP contribution in [0.2, 0.25) is 0 Å². The van der Waals surface area contributed by atoms with Crippen molar-refractivity contribution in [1.29, 1.82) is 0 Å². The molecular weight excluding hydrogens is 520 g/mol. The maximum atomic E-state index is 6.06. The first-order chi connectivity index (χ1) is 19.1. The monoisotopic (exact) mass is 576 g/mol. The highest BCUT2D eigenvalue weighted by Crippen LogP contribution is 2.50. The van der Waals surface area contributed by atoms with Gasteiger partial charge in [-0.2, -0.15) is 0 Å². The largest absolute Gasteiger partial charge is 0.365 e. The summed E-state index contributed by atoms with van der Waals surface area (Å²) < 4.78 is 18.0. The molecule has 5 heteroatoms. The van der Waals surface area contributed by atoms with Crippen molar-refractivity contribution in [2.75, 3.05) is 0 Å². The van der Waals surface area contributed by atoms with E-state index < -0.39 is 0 Å². The van der Waals surface area contributed by atoms with Crippen LogP contribution < -0.4 is 0 Å². The molecule has 3 aromatic rings. The third-order valence-corrected chi connectivity index (χ3v) is 6.21. The molecule has 0 spiro atoms. The zero-order valence-corrected chi connectivity index (χ0v) is 28.5. The van der Waals surface area contributed by atoms with Crippen LogP contribution in [-0.2, 0) is 31.0 Å². The molecule has 232 valence electrons. The van der Waals surface area contributed by atoms with Gasteiger partial charge in [0.2, 0.25) is 0 Å². The Bertz CT molecular complexity index is 1050. The van der Waals surface area contributed by atoms with Crippen LogP contribution in [0.15, 0.2) is 79.1 Å². The van der Waals surface area contributed by atoms with Crippen LogP contribution in [0.4, 0.5) is 0 Å². The van der Waals surface area contributed by atoms with Gasteiger partial charge in [-0.3, -0.25) is 9.97 Å². The van der Waals surface area contributed by atoms with Gasteiger partial charge in [-0.15, -0.1) is 0 Å². The molecule has 2 aromatic heterocycles. The van der Waals surface area contributed by atoms with E-state index in [0.717, 1.165) is 24.2 Å². The number of ether oxygens (including phenoxy) is 3. The summed E-state index contributed by atoms with van der Waals surface area (Å²) in [6.07, 6.45) is 5.83. The van der Waals surface area contributed by atoms with Gasteiger partial charge in [0, 0.05) is 12.4 Å². The van der Waals surface area contributed by atoms with Crippen molar-refractivity contribution in [3.8, 4) is 0 Å². The molecule has 1 aliphatic rings. The van der Waals surface area contributed by atoms with Crippen LogP contribution in [0.5, 0.6) is 0 Å². The number of rotatable bonds is 6. The highest BCUT2D eigenvalue weighted by Gasteiger charge is 2.49. The molecule has 2 heterocycles. The van der Waals surface area contributed by atoms with E-state index in [9.17, 15) is 0 Å². The summed E-state index contributed by atoms with van der Waals surface area (Å²) in [5.41, 5.74) is 2.27. The zero-order chi connectivity index (χ0) is 31.9. The van der Waals surface area contributed by atoms with Crippen molar-refractivity contribution >= 4 is 0 Å². The molecule has 0 unspecified atom stereocenters. The molecule has 0 bridgehead atoms. The van der Waals surface area contributed by atoms with E-state index in [2.05, 4.69) is 104 Å². The normalized spacial score (nSPS) is 15.1. The average molecular weight is 577 g/mol. The Labute approximate surface area is 256 Å². The van der Waals surface area contributed by atoms with E-state index in [1.807, 2.05) is 68.6 Å². The Morgan fingerprint density at radius 1 is 0.524 bits per heavy atom. The second-order valence-electron chi connectivity index (χ2n) is 15.0. The van der Waals surface area contributed by atoms with Gasteiger partial charge in [0.1, 0.15) is 11.2 Å². The number of benzene rings is 1. The number of hydrogen-bond acceptors (Lipinski definition) is 5. The van der Waals surface area contributed by atoms with Gasteiger partial charge >= 0.3 is 0 Å². The van der Waals surface area contributed by atoms with Crippen LogP contribution in [0.25, 0.3) is 0 Å². The van der Waals surface area contributed by atoms with Gasteiger partial charge in [-0.1, -0.05) is 42.5 Å². The second kappa shape index (κ2) is 13.8. The Kier molecular flexibility index (Phi) is 11.7. The summed E-state index contributed by atoms with van der Waals surface area (Å²) >= 11 is 0. The lowest BCUT2D eigenvalue weighted by atomic mass is 9.97. The molecule has 4 rings (SSSR count). The lowest BCUT2D eigenvalue weighted by Gasteiger charge is -2.34. The molecule has 0 radical (unpaired) electrons. The topological polar surface area (TPSA) is 53.5 Å². The number of hydrogen-bond donors (Lipinski definition) is 0. The van der Waals surface area contributed by atoms with Crippen LogP contribution in [0.1, 0.15) is 120 Å².